The lowest BCUT2D eigenvalue weighted by Crippen LogP contribution is -2.25. The number of nitro groups is 1. The molecule has 0 fully saturated rings. The van der Waals surface area contributed by atoms with E-state index in [4.69, 9.17) is 9.47 Å². The molecule has 2 aromatic carbocycles. The van der Waals surface area contributed by atoms with Crippen LogP contribution in [0.4, 0.5) is 5.69 Å². The Hall–Kier alpha value is -4.17. The first kappa shape index (κ1) is 23.5. The minimum atomic E-state index is -1.10. The quantitative estimate of drug-likeness (QED) is 0.344. The van der Waals surface area contributed by atoms with Crippen molar-refractivity contribution in [3.63, 3.8) is 0 Å². The van der Waals surface area contributed by atoms with E-state index in [-0.39, 0.29) is 12.3 Å². The Labute approximate surface area is 195 Å². The SMILES string of the molecule is CCOc1cc(C=Cc2[nH]c(=O)[nH]c(=O)c2[N+](=O)[O-])cc(Br)c1OCc1ccccc1C#N. The summed E-state index contributed by atoms with van der Waals surface area (Å²) >= 11 is 3.44. The van der Waals surface area contributed by atoms with Crippen molar-refractivity contribution in [2.24, 2.45) is 0 Å². The molecule has 3 rings (SSSR count). The van der Waals surface area contributed by atoms with Crippen LogP contribution in [0.1, 0.15) is 29.3 Å². The molecule has 1 heterocycles. The Kier molecular flexibility index (Phi) is 7.42. The van der Waals surface area contributed by atoms with Gasteiger partial charge >= 0.3 is 16.9 Å². The molecule has 1 aromatic heterocycles. The van der Waals surface area contributed by atoms with Crippen LogP contribution in [-0.4, -0.2) is 21.5 Å². The van der Waals surface area contributed by atoms with Gasteiger partial charge in [0.05, 0.1) is 27.6 Å². The smallest absolute Gasteiger partial charge is 0.357 e. The minimum absolute atomic E-state index is 0.137. The van der Waals surface area contributed by atoms with Gasteiger partial charge in [0.15, 0.2) is 11.5 Å². The topological polar surface area (TPSA) is 151 Å². The van der Waals surface area contributed by atoms with E-state index in [0.717, 1.165) is 0 Å². The van der Waals surface area contributed by atoms with Crippen LogP contribution in [0.2, 0.25) is 0 Å². The van der Waals surface area contributed by atoms with Gasteiger partial charge in [-0.25, -0.2) is 4.79 Å². The molecule has 0 unspecified atom stereocenters. The molecule has 33 heavy (non-hydrogen) atoms. The average Bonchev–Trinajstić information content (AvgIpc) is 2.76. The number of rotatable bonds is 8. The lowest BCUT2D eigenvalue weighted by atomic mass is 10.1. The van der Waals surface area contributed by atoms with Crippen LogP contribution in [0.25, 0.3) is 12.2 Å². The van der Waals surface area contributed by atoms with Gasteiger partial charge in [-0.3, -0.25) is 19.9 Å². The van der Waals surface area contributed by atoms with Crippen LogP contribution in [0.3, 0.4) is 0 Å². The molecule has 0 atom stereocenters. The first-order valence-corrected chi connectivity index (χ1v) is 10.4. The molecule has 0 saturated carbocycles. The summed E-state index contributed by atoms with van der Waals surface area (Å²) in [6, 6.07) is 12.5. The number of hydrogen-bond donors (Lipinski definition) is 2. The number of nitrogens with one attached hydrogen (secondary N) is 2. The lowest BCUT2D eigenvalue weighted by Gasteiger charge is -2.15. The molecule has 0 saturated heterocycles. The molecule has 0 radical (unpaired) electrons. The van der Waals surface area contributed by atoms with E-state index in [1.807, 2.05) is 11.1 Å². The highest BCUT2D eigenvalue weighted by molar-refractivity contribution is 9.10. The molecule has 3 aromatic rings. The maximum Gasteiger partial charge on any atom is 0.357 e. The number of aromatic amines is 2. The standard InChI is InChI=1S/C22H17BrN4O6/c1-2-32-18-10-13(7-8-17-19(27(30)31)21(28)26-22(29)25-17)9-16(23)20(18)33-12-15-6-4-3-5-14(15)11-24/h3-10H,2,12H2,1H3,(H2,25,26,28,29). The van der Waals surface area contributed by atoms with Gasteiger partial charge in [0.25, 0.3) is 0 Å². The van der Waals surface area contributed by atoms with Crippen molar-refractivity contribution in [3.8, 4) is 17.6 Å². The van der Waals surface area contributed by atoms with E-state index in [2.05, 4.69) is 27.0 Å². The van der Waals surface area contributed by atoms with Crippen LogP contribution in [0, 0.1) is 21.4 Å². The fourth-order valence-corrected chi connectivity index (χ4v) is 3.55. The van der Waals surface area contributed by atoms with Crippen LogP contribution in [0.15, 0.2) is 50.5 Å². The molecular weight excluding hydrogens is 496 g/mol. The van der Waals surface area contributed by atoms with Crippen molar-refractivity contribution in [2.75, 3.05) is 6.61 Å². The predicted octanol–water partition coefficient (Wildman–Crippen LogP) is 3.75. The first-order chi connectivity index (χ1) is 15.8. The molecule has 0 spiro atoms. The van der Waals surface area contributed by atoms with E-state index in [1.165, 1.54) is 12.2 Å². The monoisotopic (exact) mass is 512 g/mol. The van der Waals surface area contributed by atoms with Crippen molar-refractivity contribution in [3.05, 3.63) is 94.2 Å². The highest BCUT2D eigenvalue weighted by atomic mass is 79.9. The molecule has 10 nitrogen and oxygen atoms in total. The van der Waals surface area contributed by atoms with E-state index in [9.17, 15) is 25.0 Å². The van der Waals surface area contributed by atoms with Crippen molar-refractivity contribution in [2.45, 2.75) is 13.5 Å². The molecule has 0 aliphatic heterocycles. The maximum absolute atomic E-state index is 11.8. The Balaban J connectivity index is 1.95. The highest BCUT2D eigenvalue weighted by Gasteiger charge is 2.19. The van der Waals surface area contributed by atoms with Gasteiger partial charge in [-0.2, -0.15) is 5.26 Å². The summed E-state index contributed by atoms with van der Waals surface area (Å²) < 4.78 is 12.1. The van der Waals surface area contributed by atoms with Gasteiger partial charge < -0.3 is 14.5 Å². The molecule has 0 amide bonds. The van der Waals surface area contributed by atoms with Gasteiger partial charge in [-0.1, -0.05) is 24.3 Å². The Morgan fingerprint density at radius 1 is 1.18 bits per heavy atom. The summed E-state index contributed by atoms with van der Waals surface area (Å²) in [7, 11) is 0. The summed E-state index contributed by atoms with van der Waals surface area (Å²) in [6.45, 7) is 2.28. The van der Waals surface area contributed by atoms with Crippen LogP contribution in [-0.2, 0) is 6.61 Å². The summed E-state index contributed by atoms with van der Waals surface area (Å²) in [5, 5.41) is 20.5. The number of halogens is 1. The van der Waals surface area contributed by atoms with Crippen molar-refractivity contribution in [1.29, 1.82) is 5.26 Å². The number of nitriles is 1. The molecule has 11 heteroatoms. The molecule has 0 bridgehead atoms. The third kappa shape index (κ3) is 5.55. The summed E-state index contributed by atoms with van der Waals surface area (Å²) in [4.78, 5) is 37.7. The number of aromatic nitrogens is 2. The van der Waals surface area contributed by atoms with Gasteiger partial charge in [0, 0.05) is 5.56 Å². The van der Waals surface area contributed by atoms with E-state index < -0.39 is 21.9 Å². The maximum atomic E-state index is 11.8. The third-order valence-electron chi connectivity index (χ3n) is 4.41. The number of benzene rings is 2. The number of ether oxygens (including phenoxy) is 2. The van der Waals surface area contributed by atoms with Crippen molar-refractivity contribution >= 4 is 33.8 Å². The van der Waals surface area contributed by atoms with Crippen LogP contribution < -0.4 is 20.7 Å². The molecular formula is C22H17BrN4O6. The summed E-state index contributed by atoms with van der Waals surface area (Å²) in [6.07, 6.45) is 2.75. The Bertz CT molecular complexity index is 1390. The van der Waals surface area contributed by atoms with Gasteiger partial charge in [-0.15, -0.1) is 0 Å². The predicted molar refractivity (Wildman–Crippen MR) is 124 cm³/mol. The van der Waals surface area contributed by atoms with E-state index >= 15 is 0 Å². The largest absolute Gasteiger partial charge is 0.490 e. The molecule has 0 aliphatic carbocycles. The second-order valence-electron chi connectivity index (χ2n) is 6.58. The fourth-order valence-electron chi connectivity index (χ4n) is 2.97. The number of H-pyrrole nitrogens is 2. The third-order valence-corrected chi connectivity index (χ3v) is 5.00. The first-order valence-electron chi connectivity index (χ1n) is 9.60. The normalized spacial score (nSPS) is 10.7. The second kappa shape index (κ2) is 10.4. The minimum Gasteiger partial charge on any atom is -0.490 e. The number of hydrogen-bond acceptors (Lipinski definition) is 7. The summed E-state index contributed by atoms with van der Waals surface area (Å²) in [5.41, 5.74) is -1.19. The number of nitrogens with zero attached hydrogens (tertiary/aromatic N) is 2. The van der Waals surface area contributed by atoms with Crippen molar-refractivity contribution in [1.82, 2.24) is 9.97 Å². The van der Waals surface area contributed by atoms with Crippen molar-refractivity contribution < 1.29 is 14.4 Å². The zero-order valence-electron chi connectivity index (χ0n) is 17.3. The van der Waals surface area contributed by atoms with Crippen LogP contribution in [0.5, 0.6) is 11.5 Å². The zero-order chi connectivity index (χ0) is 24.0. The second-order valence-corrected chi connectivity index (χ2v) is 7.44. The molecule has 168 valence electrons. The van der Waals surface area contributed by atoms with E-state index in [1.54, 1.807) is 37.3 Å². The average molecular weight is 513 g/mol. The fraction of sp³-hybridized carbons (Fsp3) is 0.136. The Morgan fingerprint density at radius 3 is 2.64 bits per heavy atom. The summed E-state index contributed by atoms with van der Waals surface area (Å²) in [5.74, 6) is 0.812. The van der Waals surface area contributed by atoms with Crippen LogP contribution >= 0.6 is 15.9 Å². The highest BCUT2D eigenvalue weighted by Crippen LogP contribution is 2.38. The van der Waals surface area contributed by atoms with Gasteiger partial charge in [-0.05, 0) is 52.7 Å². The lowest BCUT2D eigenvalue weighted by molar-refractivity contribution is -0.386. The van der Waals surface area contributed by atoms with Gasteiger partial charge in [0.2, 0.25) is 0 Å². The molecule has 2 N–H and O–H groups in total. The van der Waals surface area contributed by atoms with Gasteiger partial charge in [0.1, 0.15) is 12.3 Å². The zero-order valence-corrected chi connectivity index (χ0v) is 18.8. The Morgan fingerprint density at radius 2 is 1.94 bits per heavy atom. The van der Waals surface area contributed by atoms with E-state index in [0.29, 0.717) is 39.3 Å². The molecule has 0 aliphatic rings.